The van der Waals surface area contributed by atoms with Crippen molar-refractivity contribution in [1.29, 1.82) is 0 Å². The van der Waals surface area contributed by atoms with Gasteiger partial charge in [0.1, 0.15) is 21.0 Å². The third-order valence-electron chi connectivity index (χ3n) is 0.192. The van der Waals surface area contributed by atoms with Crippen LogP contribution >= 0.6 is 0 Å². The van der Waals surface area contributed by atoms with E-state index in [4.69, 9.17) is 0 Å². The molecule has 0 aliphatic carbocycles. The molecule has 0 aromatic rings. The van der Waals surface area contributed by atoms with Crippen molar-refractivity contribution in [2.24, 2.45) is 0 Å². The fourth-order valence-corrected chi connectivity index (χ4v) is 0.866. The lowest BCUT2D eigenvalue weighted by atomic mass is 10.4. The van der Waals surface area contributed by atoms with Crippen molar-refractivity contribution < 1.29 is 8.69 Å². The van der Waals surface area contributed by atoms with Crippen molar-refractivity contribution in [2.75, 3.05) is 0 Å². The van der Waals surface area contributed by atoms with Gasteiger partial charge in [-0.3, -0.25) is 0 Å². The van der Waals surface area contributed by atoms with E-state index in [9.17, 15) is 0 Å². The highest BCUT2D eigenvalue weighted by molar-refractivity contribution is 6.33. The zero-order chi connectivity index (χ0) is 4.12. The average molecular weight is 105 g/mol. The molecule has 5 heavy (non-hydrogen) atoms. The van der Waals surface area contributed by atoms with Crippen LogP contribution in [0.3, 0.4) is 0 Å². The smallest absolute Gasteiger partial charge is 0.463 e. The lowest BCUT2D eigenvalue weighted by molar-refractivity contribution is 0.513. The van der Waals surface area contributed by atoms with E-state index >= 15 is 0 Å². The molecule has 1 radical (unpaired) electrons. The first-order chi connectivity index (χ1) is 2.41. The van der Waals surface area contributed by atoms with Crippen molar-refractivity contribution >= 4 is 28.7 Å². The summed E-state index contributed by atoms with van der Waals surface area (Å²) in [7, 11) is 2.85. The monoisotopic (exact) mass is 105 g/mol. The van der Waals surface area contributed by atoms with Crippen LogP contribution in [0.1, 0.15) is 0 Å². The summed E-state index contributed by atoms with van der Waals surface area (Å²) >= 11 is 0. The lowest BCUT2D eigenvalue weighted by Gasteiger charge is -1.84. The Hall–Kier alpha value is 0.419. The molecule has 0 saturated carbocycles. The summed E-state index contributed by atoms with van der Waals surface area (Å²) in [6, 6.07) is 0. The fourth-order valence-electron chi connectivity index (χ4n) is 0.0962. The van der Waals surface area contributed by atoms with Gasteiger partial charge in [0.2, 0.25) is 0 Å². The molecule has 0 bridgehead atoms. The van der Waals surface area contributed by atoms with E-state index in [0.29, 0.717) is 0 Å². The van der Waals surface area contributed by atoms with E-state index in [2.05, 4.69) is 8.69 Å². The Morgan fingerprint density at radius 1 is 1.20 bits per heavy atom. The van der Waals surface area contributed by atoms with Gasteiger partial charge in [-0.25, -0.2) is 0 Å². The molecule has 0 aliphatic rings. The maximum atomic E-state index is 4.52. The molecule has 0 saturated heterocycles. The first-order valence-corrected chi connectivity index (χ1v) is 2.92. The van der Waals surface area contributed by atoms with Crippen LogP contribution in [0.25, 0.3) is 0 Å². The zero-order valence-corrected chi connectivity index (χ0v) is 7.39. The normalized spacial score (nSPS) is 8.80. The van der Waals surface area contributed by atoms with Crippen molar-refractivity contribution in [3.8, 4) is 0 Å². The SMILES string of the molecule is [SiH3]O[B]O[SiH3]. The lowest BCUT2D eigenvalue weighted by Crippen LogP contribution is -1.96. The van der Waals surface area contributed by atoms with Crippen LogP contribution in [0.4, 0.5) is 0 Å². The molecule has 0 fully saturated rings. The van der Waals surface area contributed by atoms with Gasteiger partial charge < -0.3 is 8.69 Å². The van der Waals surface area contributed by atoms with E-state index in [0.717, 1.165) is 21.0 Å². The first kappa shape index (κ1) is 5.42. The second kappa shape index (κ2) is 4.42. The minimum absolute atomic E-state index is 0.740. The molecule has 0 amide bonds. The standard InChI is InChI=1S/BH6O2Si2/c4-2-1-3-5/h4-5H3. The van der Waals surface area contributed by atoms with Gasteiger partial charge in [0, 0.05) is 0 Å². The third-order valence-corrected chi connectivity index (χ3v) is 0.577. The van der Waals surface area contributed by atoms with Crippen molar-refractivity contribution in [1.82, 2.24) is 0 Å². The highest BCUT2D eigenvalue weighted by atomic mass is 28.2. The Morgan fingerprint density at radius 2 is 1.60 bits per heavy atom. The topological polar surface area (TPSA) is 18.5 Å². The molecule has 0 atom stereocenters. The largest absolute Gasteiger partial charge is 0.464 e. The van der Waals surface area contributed by atoms with Crippen LogP contribution in [-0.4, -0.2) is 28.7 Å². The van der Waals surface area contributed by atoms with Gasteiger partial charge in [0.25, 0.3) is 0 Å². The van der Waals surface area contributed by atoms with Gasteiger partial charge in [0.15, 0.2) is 0 Å². The third kappa shape index (κ3) is 4.42. The average Bonchev–Trinajstić information content (AvgIpc) is 1.41. The molecule has 0 spiro atoms. The first-order valence-electron chi connectivity index (χ1n) is 1.29. The molecular formula is H6BO2Si2. The molecule has 0 aliphatic heterocycles. The van der Waals surface area contributed by atoms with Crippen LogP contribution in [0, 0.1) is 0 Å². The molecule has 0 N–H and O–H groups in total. The summed E-state index contributed by atoms with van der Waals surface area (Å²) in [5.74, 6) is 0. The van der Waals surface area contributed by atoms with Gasteiger partial charge in [-0.2, -0.15) is 0 Å². The molecule has 0 unspecified atom stereocenters. The van der Waals surface area contributed by atoms with Crippen molar-refractivity contribution in [3.63, 3.8) is 0 Å². The molecule has 0 aromatic heterocycles. The Kier molecular flexibility index (Phi) is 4.79. The Morgan fingerprint density at radius 3 is 1.60 bits per heavy atom. The summed E-state index contributed by atoms with van der Waals surface area (Å²) in [5.41, 5.74) is 0. The minimum Gasteiger partial charge on any atom is -0.464 e. The quantitative estimate of drug-likeness (QED) is 0.351. The molecule has 2 nitrogen and oxygen atoms in total. The van der Waals surface area contributed by atoms with Gasteiger partial charge in [-0.05, 0) is 0 Å². The Bertz CT molecular complexity index is 15.1. The molecule has 0 aromatic carbocycles. The molecular weight excluding hydrogens is 99.0 g/mol. The van der Waals surface area contributed by atoms with E-state index in [1.54, 1.807) is 0 Å². The number of hydrogen-bond acceptors (Lipinski definition) is 2. The zero-order valence-electron chi connectivity index (χ0n) is 3.39. The molecule has 0 heterocycles. The summed E-state index contributed by atoms with van der Waals surface area (Å²) in [4.78, 5) is 0. The van der Waals surface area contributed by atoms with Gasteiger partial charge >= 0.3 is 7.69 Å². The van der Waals surface area contributed by atoms with E-state index in [-0.39, 0.29) is 0 Å². The maximum absolute atomic E-state index is 4.52. The van der Waals surface area contributed by atoms with Crippen molar-refractivity contribution in [2.45, 2.75) is 0 Å². The molecule has 5 heteroatoms. The highest BCUT2D eigenvalue weighted by Crippen LogP contribution is 1.52. The van der Waals surface area contributed by atoms with E-state index in [1.807, 2.05) is 0 Å². The number of hydrogen-bond donors (Lipinski definition) is 0. The minimum atomic E-state index is 0.740. The second-order valence-corrected chi connectivity index (χ2v) is 1.51. The molecule has 0 rings (SSSR count). The van der Waals surface area contributed by atoms with Crippen molar-refractivity contribution in [3.05, 3.63) is 0 Å². The van der Waals surface area contributed by atoms with Crippen LogP contribution in [0.5, 0.6) is 0 Å². The van der Waals surface area contributed by atoms with Gasteiger partial charge in [0.05, 0.1) is 0 Å². The molecule has 29 valence electrons. The summed E-state index contributed by atoms with van der Waals surface area (Å²) in [5, 5.41) is 0. The fraction of sp³-hybridized carbons (Fsp3) is 0. The van der Waals surface area contributed by atoms with Gasteiger partial charge in [-0.1, -0.05) is 0 Å². The summed E-state index contributed by atoms with van der Waals surface area (Å²) in [6.07, 6.45) is 0. The van der Waals surface area contributed by atoms with Crippen LogP contribution in [0.15, 0.2) is 0 Å². The Labute approximate surface area is 38.2 Å². The predicted octanol–water partition coefficient (Wildman–Crippen LogP) is -2.89. The number of rotatable bonds is 2. The second-order valence-electron chi connectivity index (χ2n) is 0.568. The van der Waals surface area contributed by atoms with Crippen LogP contribution < -0.4 is 0 Å². The maximum Gasteiger partial charge on any atom is 0.463 e. The van der Waals surface area contributed by atoms with E-state index < -0.39 is 0 Å². The predicted molar refractivity (Wildman–Crippen MR) is 27.8 cm³/mol. The highest BCUT2D eigenvalue weighted by Gasteiger charge is 1.74. The summed E-state index contributed by atoms with van der Waals surface area (Å²) < 4.78 is 9.03. The van der Waals surface area contributed by atoms with Crippen LogP contribution in [0.2, 0.25) is 0 Å². The van der Waals surface area contributed by atoms with Crippen LogP contribution in [-0.2, 0) is 8.69 Å². The van der Waals surface area contributed by atoms with E-state index in [1.165, 1.54) is 7.69 Å². The Balaban J connectivity index is 2.19. The summed E-state index contributed by atoms with van der Waals surface area (Å²) in [6.45, 7) is 0. The van der Waals surface area contributed by atoms with Gasteiger partial charge in [-0.15, -0.1) is 0 Å².